The largest absolute Gasteiger partial charge is 0.466 e. The SMILES string of the molecule is COC(=O)Nc1ccc(Cc2ccc(NC(=O)OCc3ccco3)cc2)cc1. The van der Waals surface area contributed by atoms with Gasteiger partial charge in [-0.05, 0) is 53.9 Å². The second-order valence-electron chi connectivity index (χ2n) is 5.97. The van der Waals surface area contributed by atoms with Gasteiger partial charge in [0, 0.05) is 11.4 Å². The summed E-state index contributed by atoms with van der Waals surface area (Å²) in [6.07, 6.45) is 1.21. The molecular formula is C21H20N2O5. The molecule has 0 aliphatic carbocycles. The maximum Gasteiger partial charge on any atom is 0.412 e. The van der Waals surface area contributed by atoms with Gasteiger partial charge in [0.1, 0.15) is 5.76 Å². The maximum atomic E-state index is 11.8. The van der Waals surface area contributed by atoms with Crippen LogP contribution in [0.1, 0.15) is 16.9 Å². The molecule has 3 aromatic rings. The number of furan rings is 1. The Kier molecular flexibility index (Phi) is 6.30. The zero-order chi connectivity index (χ0) is 19.8. The highest BCUT2D eigenvalue weighted by molar-refractivity contribution is 5.85. The fourth-order valence-corrected chi connectivity index (χ4v) is 2.50. The number of carbonyl (C=O) groups excluding carboxylic acids is 2. The molecule has 2 amide bonds. The molecule has 1 heterocycles. The molecule has 28 heavy (non-hydrogen) atoms. The number of hydrogen-bond donors (Lipinski definition) is 2. The molecule has 0 atom stereocenters. The minimum atomic E-state index is -0.544. The van der Waals surface area contributed by atoms with Gasteiger partial charge >= 0.3 is 12.2 Å². The van der Waals surface area contributed by atoms with Gasteiger partial charge in [0.25, 0.3) is 0 Å². The monoisotopic (exact) mass is 380 g/mol. The first-order valence-electron chi connectivity index (χ1n) is 8.61. The van der Waals surface area contributed by atoms with Crippen molar-refractivity contribution >= 4 is 23.6 Å². The minimum absolute atomic E-state index is 0.0811. The summed E-state index contributed by atoms with van der Waals surface area (Å²) in [5.74, 6) is 0.582. The van der Waals surface area contributed by atoms with Crippen LogP contribution in [0.3, 0.4) is 0 Å². The number of amides is 2. The van der Waals surface area contributed by atoms with Crippen molar-refractivity contribution in [2.24, 2.45) is 0 Å². The number of benzene rings is 2. The first kappa shape index (κ1) is 19.0. The number of anilines is 2. The van der Waals surface area contributed by atoms with Crippen molar-refractivity contribution in [1.29, 1.82) is 0 Å². The summed E-state index contributed by atoms with van der Waals surface area (Å²) < 4.78 is 14.7. The molecule has 0 radical (unpaired) electrons. The molecule has 144 valence electrons. The summed E-state index contributed by atoms with van der Waals surface area (Å²) in [4.78, 5) is 23.0. The van der Waals surface area contributed by atoms with Crippen LogP contribution in [-0.4, -0.2) is 19.3 Å². The van der Waals surface area contributed by atoms with Gasteiger partial charge in [-0.15, -0.1) is 0 Å². The predicted octanol–water partition coefficient (Wildman–Crippen LogP) is 4.80. The lowest BCUT2D eigenvalue weighted by Gasteiger charge is -2.08. The molecule has 2 N–H and O–H groups in total. The van der Waals surface area contributed by atoms with Crippen molar-refractivity contribution in [3.8, 4) is 0 Å². The van der Waals surface area contributed by atoms with Gasteiger partial charge in [0.15, 0.2) is 6.61 Å². The average Bonchev–Trinajstić information content (AvgIpc) is 3.23. The van der Waals surface area contributed by atoms with Crippen LogP contribution < -0.4 is 10.6 Å². The van der Waals surface area contributed by atoms with E-state index in [1.807, 2.05) is 48.5 Å². The summed E-state index contributed by atoms with van der Waals surface area (Å²) >= 11 is 0. The summed E-state index contributed by atoms with van der Waals surface area (Å²) in [6, 6.07) is 18.5. The van der Waals surface area contributed by atoms with Crippen LogP contribution in [0.15, 0.2) is 71.3 Å². The van der Waals surface area contributed by atoms with Crippen molar-refractivity contribution in [3.63, 3.8) is 0 Å². The second kappa shape index (κ2) is 9.27. The first-order valence-corrected chi connectivity index (χ1v) is 8.61. The van der Waals surface area contributed by atoms with Crippen LogP contribution >= 0.6 is 0 Å². The summed E-state index contributed by atoms with van der Waals surface area (Å²) in [7, 11) is 1.32. The van der Waals surface area contributed by atoms with Crippen LogP contribution in [0, 0.1) is 0 Å². The highest BCUT2D eigenvalue weighted by Crippen LogP contribution is 2.16. The molecule has 0 bridgehead atoms. The van der Waals surface area contributed by atoms with Crippen molar-refractivity contribution < 1.29 is 23.5 Å². The van der Waals surface area contributed by atoms with E-state index in [0.717, 1.165) is 17.5 Å². The molecule has 0 saturated carbocycles. The summed E-state index contributed by atoms with van der Waals surface area (Å²) in [6.45, 7) is 0.0811. The summed E-state index contributed by atoms with van der Waals surface area (Å²) in [5.41, 5.74) is 3.49. The Labute approximate surface area is 162 Å². The predicted molar refractivity (Wildman–Crippen MR) is 104 cm³/mol. The third kappa shape index (κ3) is 5.63. The number of hydrogen-bond acceptors (Lipinski definition) is 5. The number of carbonyl (C=O) groups is 2. The fourth-order valence-electron chi connectivity index (χ4n) is 2.50. The molecule has 0 aliphatic rings. The zero-order valence-electron chi connectivity index (χ0n) is 15.3. The molecule has 0 saturated heterocycles. The fraction of sp³-hybridized carbons (Fsp3) is 0.143. The molecule has 7 nitrogen and oxygen atoms in total. The van der Waals surface area contributed by atoms with Gasteiger partial charge in [0.05, 0.1) is 13.4 Å². The van der Waals surface area contributed by atoms with Crippen LogP contribution in [0.2, 0.25) is 0 Å². The van der Waals surface area contributed by atoms with Gasteiger partial charge in [-0.25, -0.2) is 9.59 Å². The van der Waals surface area contributed by atoms with Crippen molar-refractivity contribution in [2.45, 2.75) is 13.0 Å². The Hall–Kier alpha value is -3.74. The maximum absolute atomic E-state index is 11.8. The Balaban J connectivity index is 1.49. The van der Waals surface area contributed by atoms with Gasteiger partial charge < -0.3 is 13.9 Å². The molecule has 3 rings (SSSR count). The van der Waals surface area contributed by atoms with E-state index in [2.05, 4.69) is 15.4 Å². The molecule has 0 aliphatic heterocycles. The average molecular weight is 380 g/mol. The minimum Gasteiger partial charge on any atom is -0.466 e. The highest BCUT2D eigenvalue weighted by atomic mass is 16.6. The number of nitrogens with one attached hydrogen (secondary N) is 2. The second-order valence-corrected chi connectivity index (χ2v) is 5.97. The van der Waals surface area contributed by atoms with E-state index in [9.17, 15) is 9.59 Å². The lowest BCUT2D eigenvalue weighted by Crippen LogP contribution is -2.13. The van der Waals surface area contributed by atoms with Crippen molar-refractivity contribution in [2.75, 3.05) is 17.7 Å². The van der Waals surface area contributed by atoms with Crippen LogP contribution in [0.25, 0.3) is 0 Å². The normalized spacial score (nSPS) is 10.2. The van der Waals surface area contributed by atoms with E-state index >= 15 is 0 Å². The van der Waals surface area contributed by atoms with Crippen LogP contribution in [-0.2, 0) is 22.5 Å². The number of ether oxygens (including phenoxy) is 2. The molecule has 1 aromatic heterocycles. The Morgan fingerprint density at radius 3 is 1.93 bits per heavy atom. The highest BCUT2D eigenvalue weighted by Gasteiger charge is 2.06. The van der Waals surface area contributed by atoms with E-state index < -0.39 is 12.2 Å². The van der Waals surface area contributed by atoms with Gasteiger partial charge in [-0.3, -0.25) is 10.6 Å². The number of methoxy groups -OCH3 is 1. The van der Waals surface area contributed by atoms with E-state index in [-0.39, 0.29) is 6.61 Å². The van der Waals surface area contributed by atoms with E-state index in [1.165, 1.54) is 13.4 Å². The molecule has 2 aromatic carbocycles. The topological polar surface area (TPSA) is 89.8 Å². The van der Waals surface area contributed by atoms with Gasteiger partial charge in [0.2, 0.25) is 0 Å². The molecule has 7 heteroatoms. The number of rotatable bonds is 6. The van der Waals surface area contributed by atoms with Gasteiger partial charge in [-0.1, -0.05) is 24.3 Å². The third-order valence-electron chi connectivity index (χ3n) is 3.92. The third-order valence-corrected chi connectivity index (χ3v) is 3.92. The molecule has 0 spiro atoms. The zero-order valence-corrected chi connectivity index (χ0v) is 15.3. The smallest absolute Gasteiger partial charge is 0.412 e. The molecule has 0 unspecified atom stereocenters. The van der Waals surface area contributed by atoms with Crippen molar-refractivity contribution in [3.05, 3.63) is 83.8 Å². The molecular weight excluding hydrogens is 360 g/mol. The Morgan fingerprint density at radius 1 is 0.857 bits per heavy atom. The quantitative estimate of drug-likeness (QED) is 0.641. The van der Waals surface area contributed by atoms with E-state index in [1.54, 1.807) is 12.1 Å². The van der Waals surface area contributed by atoms with Crippen molar-refractivity contribution in [1.82, 2.24) is 0 Å². The Morgan fingerprint density at radius 2 is 1.43 bits per heavy atom. The van der Waals surface area contributed by atoms with Crippen LogP contribution in [0.4, 0.5) is 21.0 Å². The lowest BCUT2D eigenvalue weighted by molar-refractivity contribution is 0.146. The first-order chi connectivity index (χ1) is 13.6. The standard InChI is InChI=1S/C21H20N2O5/c1-26-20(24)22-17-8-4-15(5-9-17)13-16-6-10-18(11-7-16)23-21(25)28-14-19-3-2-12-27-19/h2-12H,13-14H2,1H3,(H,22,24)(H,23,25). The lowest BCUT2D eigenvalue weighted by atomic mass is 10.0. The molecule has 0 fully saturated rings. The van der Waals surface area contributed by atoms with E-state index in [4.69, 9.17) is 9.15 Å². The summed E-state index contributed by atoms with van der Waals surface area (Å²) in [5, 5.41) is 5.28. The van der Waals surface area contributed by atoms with Gasteiger partial charge in [-0.2, -0.15) is 0 Å². The van der Waals surface area contributed by atoms with Crippen LogP contribution in [0.5, 0.6) is 0 Å². The Bertz CT molecular complexity index is 903. The van der Waals surface area contributed by atoms with E-state index in [0.29, 0.717) is 17.1 Å².